The molecule has 1 amide bonds. The number of rotatable bonds is 4. The van der Waals surface area contributed by atoms with E-state index in [-0.39, 0.29) is 11.7 Å². The van der Waals surface area contributed by atoms with Crippen LogP contribution in [-0.4, -0.2) is 60.5 Å². The van der Waals surface area contributed by atoms with Crippen molar-refractivity contribution >= 4 is 11.7 Å². The minimum atomic E-state index is -0.566. The first kappa shape index (κ1) is 13.8. The van der Waals surface area contributed by atoms with Crippen LogP contribution in [0.3, 0.4) is 0 Å². The molecule has 17 heavy (non-hydrogen) atoms. The number of hydrogen-bond acceptors (Lipinski definition) is 4. The van der Waals surface area contributed by atoms with Gasteiger partial charge in [0.1, 0.15) is 0 Å². The fraction of sp³-hybridized carbons (Fsp3) is 0.818. The highest BCUT2D eigenvalue weighted by Crippen LogP contribution is 2.16. The van der Waals surface area contributed by atoms with Gasteiger partial charge in [-0.25, -0.2) is 0 Å². The fourth-order valence-electron chi connectivity index (χ4n) is 2.20. The van der Waals surface area contributed by atoms with E-state index >= 15 is 0 Å². The van der Waals surface area contributed by atoms with Gasteiger partial charge in [0, 0.05) is 20.1 Å². The predicted octanol–water partition coefficient (Wildman–Crippen LogP) is -0.221. The lowest BCUT2D eigenvalue weighted by Gasteiger charge is -2.23. The second kappa shape index (κ2) is 5.86. The zero-order valence-electron chi connectivity index (χ0n) is 10.8. The Morgan fingerprint density at radius 1 is 1.71 bits per heavy atom. The van der Waals surface area contributed by atoms with Crippen LogP contribution in [0.5, 0.6) is 0 Å². The first-order valence-corrected chi connectivity index (χ1v) is 5.86. The zero-order valence-corrected chi connectivity index (χ0v) is 10.8. The molecule has 6 heteroatoms. The van der Waals surface area contributed by atoms with Gasteiger partial charge < -0.3 is 20.7 Å². The summed E-state index contributed by atoms with van der Waals surface area (Å²) in [5.74, 6) is -0.183. The molecule has 1 heterocycles. The Morgan fingerprint density at radius 2 is 2.35 bits per heavy atom. The van der Waals surface area contributed by atoms with E-state index < -0.39 is 5.92 Å². The SMILES string of the molecule is CC(C(=O)N(C)CC1CCN(C)C1)C(N)=NO. The standard InChI is InChI=1S/C11H22N4O2/c1-8(10(12)13-17)11(16)15(3)7-9-4-5-14(2)6-9/h8-9,17H,4-7H2,1-3H3,(H2,12,13). The Balaban J connectivity index is 2.47. The van der Waals surface area contributed by atoms with Gasteiger partial charge in [-0.1, -0.05) is 5.16 Å². The topological polar surface area (TPSA) is 82.2 Å². The molecule has 98 valence electrons. The van der Waals surface area contributed by atoms with Crippen molar-refractivity contribution in [3.8, 4) is 0 Å². The van der Waals surface area contributed by atoms with Crippen LogP contribution in [0.25, 0.3) is 0 Å². The number of amidine groups is 1. The van der Waals surface area contributed by atoms with E-state index in [1.54, 1.807) is 18.9 Å². The monoisotopic (exact) mass is 242 g/mol. The van der Waals surface area contributed by atoms with E-state index in [1.807, 2.05) is 0 Å². The summed E-state index contributed by atoms with van der Waals surface area (Å²) in [6.07, 6.45) is 1.12. The molecule has 0 radical (unpaired) electrons. The summed E-state index contributed by atoms with van der Waals surface area (Å²) in [5, 5.41) is 11.4. The maximum absolute atomic E-state index is 12.0. The second-order valence-corrected chi connectivity index (χ2v) is 4.88. The summed E-state index contributed by atoms with van der Waals surface area (Å²) in [5.41, 5.74) is 5.43. The summed E-state index contributed by atoms with van der Waals surface area (Å²) in [6, 6.07) is 0. The van der Waals surface area contributed by atoms with E-state index in [4.69, 9.17) is 10.9 Å². The van der Waals surface area contributed by atoms with Crippen molar-refractivity contribution in [2.24, 2.45) is 22.7 Å². The van der Waals surface area contributed by atoms with Gasteiger partial charge in [0.25, 0.3) is 0 Å². The summed E-state index contributed by atoms with van der Waals surface area (Å²) < 4.78 is 0. The van der Waals surface area contributed by atoms with Gasteiger partial charge in [-0.05, 0) is 32.9 Å². The number of nitrogens with two attached hydrogens (primary N) is 1. The quantitative estimate of drug-likeness (QED) is 0.309. The lowest BCUT2D eigenvalue weighted by atomic mass is 10.1. The minimum absolute atomic E-state index is 0.0367. The number of nitrogens with zero attached hydrogens (tertiary/aromatic N) is 3. The van der Waals surface area contributed by atoms with E-state index in [0.717, 1.165) is 26.1 Å². The highest BCUT2D eigenvalue weighted by Gasteiger charge is 2.26. The summed E-state index contributed by atoms with van der Waals surface area (Å²) in [7, 11) is 3.85. The first-order valence-electron chi connectivity index (χ1n) is 5.86. The Morgan fingerprint density at radius 3 is 2.82 bits per heavy atom. The number of carbonyl (C=O) groups excluding carboxylic acids is 1. The Bertz CT molecular complexity index is 306. The van der Waals surface area contributed by atoms with Crippen molar-refractivity contribution in [3.63, 3.8) is 0 Å². The third kappa shape index (κ3) is 3.59. The molecule has 2 atom stereocenters. The average Bonchev–Trinajstić information content (AvgIpc) is 2.71. The fourth-order valence-corrected chi connectivity index (χ4v) is 2.20. The Labute approximate surface area is 102 Å². The third-order valence-corrected chi connectivity index (χ3v) is 3.33. The van der Waals surface area contributed by atoms with Gasteiger partial charge in [-0.2, -0.15) is 0 Å². The summed E-state index contributed by atoms with van der Waals surface area (Å²) in [4.78, 5) is 15.9. The van der Waals surface area contributed by atoms with Crippen molar-refractivity contribution in [1.82, 2.24) is 9.80 Å². The van der Waals surface area contributed by atoms with Crippen LogP contribution >= 0.6 is 0 Å². The predicted molar refractivity (Wildman–Crippen MR) is 65.8 cm³/mol. The molecule has 0 spiro atoms. The Kier molecular flexibility index (Phi) is 4.74. The normalized spacial score (nSPS) is 23.7. The number of carbonyl (C=O) groups is 1. The number of hydrogen-bond donors (Lipinski definition) is 2. The molecular weight excluding hydrogens is 220 g/mol. The lowest BCUT2D eigenvalue weighted by Crippen LogP contribution is -2.40. The molecule has 1 rings (SSSR count). The van der Waals surface area contributed by atoms with Crippen molar-refractivity contribution < 1.29 is 10.0 Å². The van der Waals surface area contributed by atoms with Gasteiger partial charge in [-0.15, -0.1) is 0 Å². The molecule has 0 bridgehead atoms. The van der Waals surface area contributed by atoms with E-state index in [1.165, 1.54) is 0 Å². The van der Waals surface area contributed by atoms with Crippen LogP contribution < -0.4 is 5.73 Å². The van der Waals surface area contributed by atoms with E-state index in [9.17, 15) is 4.79 Å². The molecule has 0 aromatic heterocycles. The highest BCUT2D eigenvalue weighted by atomic mass is 16.4. The zero-order chi connectivity index (χ0) is 13.0. The number of likely N-dealkylation sites (tertiary alicyclic amines) is 1. The van der Waals surface area contributed by atoms with Crippen LogP contribution in [-0.2, 0) is 4.79 Å². The van der Waals surface area contributed by atoms with Gasteiger partial charge in [-0.3, -0.25) is 4.79 Å². The average molecular weight is 242 g/mol. The minimum Gasteiger partial charge on any atom is -0.409 e. The van der Waals surface area contributed by atoms with Crippen LogP contribution in [0.15, 0.2) is 5.16 Å². The van der Waals surface area contributed by atoms with Crippen LogP contribution in [0.4, 0.5) is 0 Å². The molecule has 0 aliphatic carbocycles. The van der Waals surface area contributed by atoms with Gasteiger partial charge in [0.15, 0.2) is 5.84 Å². The molecule has 3 N–H and O–H groups in total. The molecule has 1 aliphatic rings. The van der Waals surface area contributed by atoms with Gasteiger partial charge >= 0.3 is 0 Å². The smallest absolute Gasteiger partial charge is 0.232 e. The molecule has 0 aromatic carbocycles. The molecule has 6 nitrogen and oxygen atoms in total. The molecule has 2 unspecified atom stereocenters. The molecule has 1 fully saturated rings. The van der Waals surface area contributed by atoms with Crippen molar-refractivity contribution in [1.29, 1.82) is 0 Å². The third-order valence-electron chi connectivity index (χ3n) is 3.33. The second-order valence-electron chi connectivity index (χ2n) is 4.88. The number of amides is 1. The van der Waals surface area contributed by atoms with Crippen molar-refractivity contribution in [2.75, 3.05) is 33.7 Å². The van der Waals surface area contributed by atoms with Crippen LogP contribution in [0.1, 0.15) is 13.3 Å². The molecule has 1 saturated heterocycles. The van der Waals surface area contributed by atoms with E-state index in [0.29, 0.717) is 5.92 Å². The molecule has 0 saturated carbocycles. The maximum atomic E-state index is 12.0. The van der Waals surface area contributed by atoms with Crippen molar-refractivity contribution in [2.45, 2.75) is 13.3 Å². The first-order chi connectivity index (χ1) is 7.95. The molecule has 1 aliphatic heterocycles. The summed E-state index contributed by atoms with van der Waals surface area (Å²) in [6.45, 7) is 4.49. The van der Waals surface area contributed by atoms with E-state index in [2.05, 4.69) is 17.1 Å². The van der Waals surface area contributed by atoms with Crippen LogP contribution in [0.2, 0.25) is 0 Å². The largest absolute Gasteiger partial charge is 0.409 e. The van der Waals surface area contributed by atoms with Gasteiger partial charge in [0.05, 0.1) is 5.92 Å². The van der Waals surface area contributed by atoms with Crippen LogP contribution in [0, 0.1) is 11.8 Å². The van der Waals surface area contributed by atoms with Crippen molar-refractivity contribution in [3.05, 3.63) is 0 Å². The maximum Gasteiger partial charge on any atom is 0.232 e. The highest BCUT2D eigenvalue weighted by molar-refractivity contribution is 6.01. The van der Waals surface area contributed by atoms with Gasteiger partial charge in [0.2, 0.25) is 5.91 Å². The Hall–Kier alpha value is -1.30. The molecular formula is C11H22N4O2. The lowest BCUT2D eigenvalue weighted by molar-refractivity contribution is -0.132. The molecule has 0 aromatic rings. The summed E-state index contributed by atoms with van der Waals surface area (Å²) >= 11 is 0. The number of oxime groups is 1.